The molecule has 1 saturated heterocycles. The molecule has 4 rings (SSSR count). The third-order valence-electron chi connectivity index (χ3n) is 5.21. The minimum Gasteiger partial charge on any atom is -0.362 e. The Morgan fingerprint density at radius 2 is 1.81 bits per heavy atom. The molecular weight excluding hydrogens is 462 g/mol. The van der Waals surface area contributed by atoms with Crippen LogP contribution in [-0.2, 0) is 9.84 Å². The summed E-state index contributed by atoms with van der Waals surface area (Å²) in [5.74, 6) is -0.159. The largest absolute Gasteiger partial charge is 0.362 e. The lowest BCUT2D eigenvalue weighted by atomic mass is 10.2. The molecule has 8 nitrogen and oxygen atoms in total. The van der Waals surface area contributed by atoms with E-state index in [4.69, 9.17) is 11.6 Å². The first kappa shape index (κ1) is 21.5. The molecule has 1 amide bonds. The van der Waals surface area contributed by atoms with Crippen LogP contribution in [0, 0.1) is 10.1 Å². The Balaban J connectivity index is 1.54. The first-order valence-corrected chi connectivity index (χ1v) is 12.4. The van der Waals surface area contributed by atoms with E-state index in [-0.39, 0.29) is 16.5 Å². The maximum atomic E-state index is 13.0. The summed E-state index contributed by atoms with van der Waals surface area (Å²) in [4.78, 5) is 27.8. The quantitative estimate of drug-likeness (QED) is 0.416. The smallest absolute Gasteiger partial charge is 0.293 e. The number of nitro groups is 1. The van der Waals surface area contributed by atoms with E-state index in [2.05, 4.69) is 0 Å². The SMILES string of the molecule is CS(=O)(=O)c1ccc(N2CCN(C(=O)c3sc4ccccc4c3Cl)CC2)c([N+](=O)[O-])c1. The fourth-order valence-corrected chi connectivity index (χ4v) is 5.71. The summed E-state index contributed by atoms with van der Waals surface area (Å²) in [5.41, 5.74) is 0.0691. The molecule has 0 bridgehead atoms. The van der Waals surface area contributed by atoms with Gasteiger partial charge in [-0.2, -0.15) is 0 Å². The summed E-state index contributed by atoms with van der Waals surface area (Å²) in [7, 11) is -3.56. The van der Waals surface area contributed by atoms with E-state index in [1.54, 1.807) is 9.80 Å². The Kier molecular flexibility index (Phi) is 5.63. The molecule has 0 saturated carbocycles. The molecule has 0 atom stereocenters. The summed E-state index contributed by atoms with van der Waals surface area (Å²) in [6, 6.07) is 11.5. The van der Waals surface area contributed by atoms with Crippen molar-refractivity contribution in [3.63, 3.8) is 0 Å². The molecule has 3 aromatic rings. The van der Waals surface area contributed by atoms with E-state index < -0.39 is 14.8 Å². The number of piperazine rings is 1. The van der Waals surface area contributed by atoms with Gasteiger partial charge in [0.2, 0.25) is 0 Å². The van der Waals surface area contributed by atoms with E-state index in [1.807, 2.05) is 24.3 Å². The lowest BCUT2D eigenvalue weighted by Gasteiger charge is -2.35. The summed E-state index contributed by atoms with van der Waals surface area (Å²) in [5, 5.41) is 12.8. The van der Waals surface area contributed by atoms with Gasteiger partial charge < -0.3 is 9.80 Å². The molecule has 1 aliphatic heterocycles. The van der Waals surface area contributed by atoms with Crippen LogP contribution in [-0.4, -0.2) is 56.6 Å². The average Bonchev–Trinajstić information content (AvgIpc) is 3.09. The van der Waals surface area contributed by atoms with Crippen LogP contribution >= 0.6 is 22.9 Å². The van der Waals surface area contributed by atoms with Gasteiger partial charge >= 0.3 is 0 Å². The molecule has 1 fully saturated rings. The van der Waals surface area contributed by atoms with E-state index in [9.17, 15) is 23.3 Å². The molecule has 0 unspecified atom stereocenters. The highest BCUT2D eigenvalue weighted by atomic mass is 35.5. The molecule has 162 valence electrons. The molecule has 1 aromatic heterocycles. The lowest BCUT2D eigenvalue weighted by Crippen LogP contribution is -2.48. The number of halogens is 1. The number of benzene rings is 2. The highest BCUT2D eigenvalue weighted by molar-refractivity contribution is 7.90. The molecule has 0 aliphatic carbocycles. The van der Waals surface area contributed by atoms with Crippen molar-refractivity contribution in [1.29, 1.82) is 0 Å². The Morgan fingerprint density at radius 3 is 2.42 bits per heavy atom. The van der Waals surface area contributed by atoms with E-state index in [1.165, 1.54) is 23.5 Å². The molecule has 0 spiro atoms. The van der Waals surface area contributed by atoms with Crippen molar-refractivity contribution in [3.8, 4) is 0 Å². The number of thiophene rings is 1. The molecule has 2 aromatic carbocycles. The number of carbonyl (C=O) groups excluding carboxylic acids is 1. The van der Waals surface area contributed by atoms with Crippen molar-refractivity contribution in [2.45, 2.75) is 4.90 Å². The molecule has 11 heteroatoms. The van der Waals surface area contributed by atoms with Gasteiger partial charge in [0.15, 0.2) is 9.84 Å². The Labute approximate surface area is 187 Å². The Bertz CT molecular complexity index is 1300. The van der Waals surface area contributed by atoms with E-state index in [0.29, 0.717) is 41.8 Å². The molecule has 1 aliphatic rings. The van der Waals surface area contributed by atoms with Crippen LogP contribution in [0.1, 0.15) is 9.67 Å². The van der Waals surface area contributed by atoms with Crippen LogP contribution in [0.5, 0.6) is 0 Å². The Hall–Kier alpha value is -2.69. The van der Waals surface area contributed by atoms with Crippen LogP contribution in [0.4, 0.5) is 11.4 Å². The number of anilines is 1. The van der Waals surface area contributed by atoms with Crippen LogP contribution in [0.3, 0.4) is 0 Å². The summed E-state index contributed by atoms with van der Waals surface area (Å²) < 4.78 is 24.4. The number of sulfone groups is 1. The van der Waals surface area contributed by atoms with Crippen molar-refractivity contribution in [3.05, 3.63) is 62.5 Å². The minimum atomic E-state index is -3.56. The number of rotatable bonds is 4. The monoisotopic (exact) mass is 479 g/mol. The predicted molar refractivity (Wildman–Crippen MR) is 121 cm³/mol. The molecule has 31 heavy (non-hydrogen) atoms. The fraction of sp³-hybridized carbons (Fsp3) is 0.250. The van der Waals surface area contributed by atoms with Crippen molar-refractivity contribution in [2.24, 2.45) is 0 Å². The second kappa shape index (κ2) is 8.10. The predicted octanol–water partition coefficient (Wildman–Crippen LogP) is 3.83. The zero-order valence-corrected chi connectivity index (χ0v) is 18.8. The number of carbonyl (C=O) groups is 1. The van der Waals surface area contributed by atoms with Gasteiger partial charge in [0.05, 0.1) is 14.8 Å². The first-order chi connectivity index (χ1) is 14.7. The number of nitrogens with zero attached hydrogens (tertiary/aromatic N) is 3. The number of hydrogen-bond acceptors (Lipinski definition) is 7. The fourth-order valence-electron chi connectivity index (χ4n) is 3.59. The van der Waals surface area contributed by atoms with Gasteiger partial charge in [0.25, 0.3) is 11.6 Å². The molecule has 0 radical (unpaired) electrons. The van der Waals surface area contributed by atoms with Gasteiger partial charge in [-0.15, -0.1) is 11.3 Å². The van der Waals surface area contributed by atoms with Crippen molar-refractivity contribution < 1.29 is 18.1 Å². The molecule has 2 heterocycles. The maximum absolute atomic E-state index is 13.0. The van der Waals surface area contributed by atoms with E-state index in [0.717, 1.165) is 22.4 Å². The summed E-state index contributed by atoms with van der Waals surface area (Å²) in [6.45, 7) is 1.50. The zero-order valence-electron chi connectivity index (χ0n) is 16.4. The van der Waals surface area contributed by atoms with Crippen molar-refractivity contribution in [2.75, 3.05) is 37.3 Å². The van der Waals surface area contributed by atoms with Crippen molar-refractivity contribution in [1.82, 2.24) is 4.90 Å². The minimum absolute atomic E-state index is 0.101. The second-order valence-electron chi connectivity index (χ2n) is 7.20. The highest BCUT2D eigenvalue weighted by Gasteiger charge is 2.29. The van der Waals surface area contributed by atoms with Gasteiger partial charge in [-0.25, -0.2) is 8.42 Å². The Morgan fingerprint density at radius 1 is 1.13 bits per heavy atom. The lowest BCUT2D eigenvalue weighted by molar-refractivity contribution is -0.384. The maximum Gasteiger partial charge on any atom is 0.293 e. The second-order valence-corrected chi connectivity index (χ2v) is 10.6. The van der Waals surface area contributed by atoms with Crippen LogP contribution < -0.4 is 4.90 Å². The van der Waals surface area contributed by atoms with Crippen LogP contribution in [0.2, 0.25) is 5.02 Å². The third-order valence-corrected chi connectivity index (χ3v) is 7.98. The van der Waals surface area contributed by atoms with Crippen molar-refractivity contribution >= 4 is 60.1 Å². The van der Waals surface area contributed by atoms with Gasteiger partial charge in [0.1, 0.15) is 10.6 Å². The third kappa shape index (κ3) is 4.10. The van der Waals surface area contributed by atoms with E-state index >= 15 is 0 Å². The number of amides is 1. The van der Waals surface area contributed by atoms with Gasteiger partial charge in [0, 0.05) is 48.6 Å². The standard InChI is InChI=1S/C20H18ClN3O5S2/c1-31(28,29)13-6-7-15(16(12-13)24(26)27)22-8-10-23(11-9-22)20(25)19-18(21)14-4-2-3-5-17(14)30-19/h2-7,12H,8-11H2,1H3. The normalized spacial score (nSPS) is 14.8. The zero-order chi connectivity index (χ0) is 22.3. The van der Waals surface area contributed by atoms with Gasteiger partial charge in [-0.1, -0.05) is 29.8 Å². The number of nitro benzene ring substituents is 1. The number of fused-ring (bicyclic) bond motifs is 1. The van der Waals surface area contributed by atoms with Crippen LogP contribution in [0.25, 0.3) is 10.1 Å². The average molecular weight is 480 g/mol. The van der Waals surface area contributed by atoms with Gasteiger partial charge in [-0.05, 0) is 18.2 Å². The van der Waals surface area contributed by atoms with Gasteiger partial charge in [-0.3, -0.25) is 14.9 Å². The first-order valence-electron chi connectivity index (χ1n) is 9.36. The molecular formula is C20H18ClN3O5S2. The van der Waals surface area contributed by atoms with Crippen LogP contribution in [0.15, 0.2) is 47.4 Å². The molecule has 0 N–H and O–H groups in total. The topological polar surface area (TPSA) is 101 Å². The highest BCUT2D eigenvalue weighted by Crippen LogP contribution is 2.36. The summed E-state index contributed by atoms with van der Waals surface area (Å²) >= 11 is 7.78. The summed E-state index contributed by atoms with van der Waals surface area (Å²) in [6.07, 6.45) is 1.01. The number of hydrogen-bond donors (Lipinski definition) is 0.